The van der Waals surface area contributed by atoms with Crippen molar-refractivity contribution in [2.75, 3.05) is 13.2 Å². The number of aliphatic hydroxyl groups excluding tert-OH is 2. The Morgan fingerprint density at radius 3 is 2.57 bits per heavy atom. The van der Waals surface area contributed by atoms with Gasteiger partial charge >= 0.3 is 0 Å². The first-order valence-corrected chi connectivity index (χ1v) is 35.1. The van der Waals surface area contributed by atoms with Crippen LogP contribution in [0.25, 0.3) is 0 Å². The number of allylic oxidation sites excluding steroid dienone is 6. The van der Waals surface area contributed by atoms with Crippen molar-refractivity contribution < 1.29 is 34.7 Å². The smallest absolute Gasteiger partial charge is 0.189 e. The molecule has 3 spiro atoms. The van der Waals surface area contributed by atoms with E-state index >= 15 is 4.79 Å². The zero-order valence-corrected chi connectivity index (χ0v) is 51.9. The molecule has 12 aliphatic carbocycles. The number of hydrogen-bond donors (Lipinski definition) is 6. The highest BCUT2D eigenvalue weighted by Crippen LogP contribution is 2.77. The summed E-state index contributed by atoms with van der Waals surface area (Å²) in [5, 5.41) is 53.9. The average Bonchev–Trinajstić information content (AvgIpc) is 0.892. The van der Waals surface area contributed by atoms with E-state index in [1.807, 2.05) is 6.07 Å². The Morgan fingerprint density at radius 1 is 0.852 bits per heavy atom. The van der Waals surface area contributed by atoms with Gasteiger partial charge in [-0.15, -0.1) is 0 Å². The quantitative estimate of drug-likeness (QED) is 0.110. The lowest BCUT2D eigenvalue weighted by Gasteiger charge is -2.70. The number of carbonyl (C=O) groups excluding carboxylic acids is 1. The van der Waals surface area contributed by atoms with Crippen LogP contribution in [0.15, 0.2) is 101 Å². The van der Waals surface area contributed by atoms with Crippen molar-refractivity contribution in [3.63, 3.8) is 0 Å². The zero-order chi connectivity index (χ0) is 59.5. The van der Waals surface area contributed by atoms with E-state index in [2.05, 4.69) is 96.9 Å². The van der Waals surface area contributed by atoms with E-state index in [4.69, 9.17) is 20.2 Å². The van der Waals surface area contributed by atoms with E-state index in [1.54, 1.807) is 0 Å². The predicted octanol–water partition coefficient (Wildman–Crippen LogP) is 13.9. The molecule has 462 valence electrons. The fourth-order valence-corrected chi connectivity index (χ4v) is 24.1. The van der Waals surface area contributed by atoms with Crippen molar-refractivity contribution in [3.05, 3.63) is 135 Å². The maximum absolute atomic E-state index is 16.1. The second-order valence-electron chi connectivity index (χ2n) is 31.6. The number of ketones is 1. The summed E-state index contributed by atoms with van der Waals surface area (Å²) in [6.45, 7) is 2.23. The highest BCUT2D eigenvalue weighted by atomic mass is 16.5. The molecule has 14 aliphatic rings. The molecule has 10 heteroatoms. The molecule has 17 atom stereocenters. The van der Waals surface area contributed by atoms with E-state index < -0.39 is 21.8 Å². The second-order valence-corrected chi connectivity index (χ2v) is 31.6. The third-order valence-electron chi connectivity index (χ3n) is 27.1. The third-order valence-corrected chi connectivity index (χ3v) is 27.1. The van der Waals surface area contributed by atoms with E-state index in [1.165, 1.54) is 48.8 Å². The summed E-state index contributed by atoms with van der Waals surface area (Å²) in [6, 6.07) is 17.6. The summed E-state index contributed by atoms with van der Waals surface area (Å²) < 4.78 is 15.3. The Morgan fingerprint density at radius 2 is 1.72 bits per heavy atom. The number of nitrogens with two attached hydrogens (primary N) is 1. The molecular formula is C78H93N3O7. The van der Waals surface area contributed by atoms with Crippen LogP contribution in [-0.2, 0) is 26.9 Å². The highest BCUT2D eigenvalue weighted by molar-refractivity contribution is 5.98. The molecule has 0 amide bonds. The molecule has 8 fully saturated rings. The van der Waals surface area contributed by atoms with E-state index in [0.29, 0.717) is 55.6 Å². The first kappa shape index (κ1) is 56.4. The first-order chi connectivity index (χ1) is 42.8. The van der Waals surface area contributed by atoms with Gasteiger partial charge in [0.15, 0.2) is 23.2 Å². The molecule has 17 unspecified atom stereocenters. The largest absolute Gasteiger partial charge is 0.508 e. The number of phenolic OH excluding ortho intramolecular Hbond substituents is 2. The van der Waals surface area contributed by atoms with Gasteiger partial charge in [0.1, 0.15) is 5.75 Å². The molecule has 16 bridgehead atoms. The molecule has 17 rings (SSSR count). The topological polar surface area (TPSA) is 167 Å². The molecule has 0 radical (unpaired) electrons. The Hall–Kier alpha value is -5.60. The molecule has 7 saturated carbocycles. The van der Waals surface area contributed by atoms with Crippen LogP contribution in [0.3, 0.4) is 0 Å². The number of fused-ring (bicyclic) bond motifs is 12. The molecule has 3 aromatic carbocycles. The zero-order valence-electron chi connectivity index (χ0n) is 51.9. The van der Waals surface area contributed by atoms with E-state index in [-0.39, 0.29) is 114 Å². The van der Waals surface area contributed by atoms with Gasteiger partial charge in [-0.05, 0) is 239 Å². The lowest BCUT2D eigenvalue weighted by atomic mass is 9.36. The number of benzene rings is 3. The Balaban J connectivity index is 0.986. The minimum atomic E-state index is -0.726. The molecule has 88 heavy (non-hydrogen) atoms. The number of nitrogens with zero attached hydrogens (tertiary/aromatic N) is 1. The summed E-state index contributed by atoms with van der Waals surface area (Å²) in [5.74, 6) is 9.31. The van der Waals surface area contributed by atoms with E-state index in [0.717, 1.165) is 135 Å². The lowest BCUT2D eigenvalue weighted by molar-refractivity contribution is -0.243. The maximum Gasteiger partial charge on any atom is 0.189 e. The van der Waals surface area contributed by atoms with Gasteiger partial charge in [0.05, 0.1) is 43.1 Å². The van der Waals surface area contributed by atoms with Crippen LogP contribution in [0.5, 0.6) is 17.2 Å². The monoisotopic (exact) mass is 1180 g/mol. The van der Waals surface area contributed by atoms with E-state index in [9.17, 15) is 20.4 Å². The normalized spacial score (nSPS) is 40.6. The van der Waals surface area contributed by atoms with Crippen molar-refractivity contribution in [3.8, 4) is 29.1 Å². The van der Waals surface area contributed by atoms with Crippen LogP contribution in [0.4, 0.5) is 0 Å². The average molecular weight is 1180 g/mol. The van der Waals surface area contributed by atoms with Gasteiger partial charge in [-0.25, -0.2) is 4.99 Å². The fourth-order valence-electron chi connectivity index (χ4n) is 24.1. The van der Waals surface area contributed by atoms with Gasteiger partial charge < -0.3 is 41.0 Å². The number of aliphatic hydroxyl groups is 2. The maximum atomic E-state index is 16.1. The first-order valence-electron chi connectivity index (χ1n) is 35.1. The number of aliphatic imine (C=N–C) groups is 1. The SMILES string of the molecule is CC1CC23C=CC4CC5CC6(CO)C=CCCC6C(CO)=C5C(=O)CC4c4cc(OC5CCCC5)c(O)c5c4C#CCC(CC4C=C2C2(C1)CC1C(OC6CCC7CCCC71C6)C4C52)N=C(N)NC1(CCCCC1)c1cccc(c1)Cc1cc(O)cc3c1. The molecule has 1 saturated heterocycles. The third kappa shape index (κ3) is 8.49. The molecular weight excluding hydrogens is 1090 g/mol. The van der Waals surface area contributed by atoms with Gasteiger partial charge in [-0.2, -0.15) is 0 Å². The fraction of sp³-hybridized carbons (Fsp3) is 0.615. The number of Topliss-reactive ketones (excluding diaryl/α,β-unsaturated/α-hetero) is 1. The number of rotatable bonds is 4. The number of phenols is 2. The summed E-state index contributed by atoms with van der Waals surface area (Å²) in [7, 11) is 0. The van der Waals surface area contributed by atoms with Crippen molar-refractivity contribution in [1.29, 1.82) is 0 Å². The van der Waals surface area contributed by atoms with Crippen LogP contribution in [0.1, 0.15) is 218 Å². The van der Waals surface area contributed by atoms with Gasteiger partial charge in [0.2, 0.25) is 0 Å². The van der Waals surface area contributed by atoms with Crippen LogP contribution in [-0.4, -0.2) is 69.7 Å². The molecule has 3 aromatic rings. The van der Waals surface area contributed by atoms with Crippen LogP contribution >= 0.6 is 0 Å². The number of nitrogens with one attached hydrogen (secondary N) is 1. The van der Waals surface area contributed by atoms with Gasteiger partial charge in [0.25, 0.3) is 0 Å². The van der Waals surface area contributed by atoms with Crippen LogP contribution in [0.2, 0.25) is 0 Å². The predicted molar refractivity (Wildman–Crippen MR) is 342 cm³/mol. The van der Waals surface area contributed by atoms with Crippen LogP contribution in [0, 0.1) is 75.4 Å². The number of hydrogen-bond acceptors (Lipinski definition) is 10. The Bertz CT molecular complexity index is 3590. The summed E-state index contributed by atoms with van der Waals surface area (Å²) >= 11 is 0. The van der Waals surface area contributed by atoms with Crippen molar-refractivity contribution in [2.24, 2.45) is 74.3 Å². The van der Waals surface area contributed by atoms with Gasteiger partial charge in [-0.3, -0.25) is 4.79 Å². The highest BCUT2D eigenvalue weighted by Gasteiger charge is 2.71. The molecule has 2 aliphatic heterocycles. The number of ether oxygens (including phenoxy) is 2. The minimum Gasteiger partial charge on any atom is -0.508 e. The van der Waals surface area contributed by atoms with Crippen molar-refractivity contribution in [1.82, 2.24) is 5.32 Å². The van der Waals surface area contributed by atoms with Crippen molar-refractivity contribution >= 4 is 11.7 Å². The van der Waals surface area contributed by atoms with Crippen molar-refractivity contribution in [2.45, 2.75) is 221 Å². The standard InChI is InChI=1S/C78H93N3O7/c1-45-38-76-27-22-48-32-50-40-74(44-83)23-8-5-19-62(74)61(43-82)67(50)64(85)36-59(48)60-37-65(87-56-16-3-4-17-56)71(86)69-58(60)18-10-15-54(80-73(79)81-78(25-6-2-7-26-78)52-13-9-12-46(29-52)28-47-30-53(76)35-55(84)31-47)33-49-34-66(76)77(39-45)42-63-72(68(49)70(69)77)88-57-21-20-51-14-11-24-75(51,63)41-57/h8-9,12-13,22-23,27,29-31,34-35,37,45,48-51,54,56-57,59,62-63,68,70,72,82-84,86H,2-7,11,14-17,19-21,24-26,28,32-33,36,38-44H2,1H3,(H3,79,80,81). The number of aromatic hydroxyl groups is 2. The summed E-state index contributed by atoms with van der Waals surface area (Å²) in [4.78, 5) is 21.8. The molecule has 7 N–H and O–H groups in total. The summed E-state index contributed by atoms with van der Waals surface area (Å²) in [6.07, 6.45) is 36.5. The molecule has 10 nitrogen and oxygen atoms in total. The van der Waals surface area contributed by atoms with Gasteiger partial charge in [0, 0.05) is 51.7 Å². The minimum absolute atomic E-state index is 0.0438. The molecule has 2 heterocycles. The second kappa shape index (κ2) is 21.0. The summed E-state index contributed by atoms with van der Waals surface area (Å²) in [5.41, 5.74) is 15.8. The molecule has 0 aromatic heterocycles. The number of guanidine groups is 1. The van der Waals surface area contributed by atoms with Crippen LogP contribution < -0.4 is 15.8 Å². The number of carbonyl (C=O) groups is 1. The Labute approximate surface area is 521 Å². The van der Waals surface area contributed by atoms with Gasteiger partial charge in [-0.1, -0.05) is 111 Å². The lowest BCUT2D eigenvalue weighted by Crippen LogP contribution is -2.66. The Kier molecular flexibility index (Phi) is 13.4.